The molecule has 0 spiro atoms. The van der Waals surface area contributed by atoms with Crippen molar-refractivity contribution < 1.29 is 9.53 Å². The number of ether oxygens (including phenoxy) is 1. The van der Waals surface area contributed by atoms with Crippen LogP contribution in [0.25, 0.3) is 0 Å². The normalized spacial score (nSPS) is 9.31. The Labute approximate surface area is 94.8 Å². The van der Waals surface area contributed by atoms with E-state index in [9.17, 15) is 4.79 Å². The lowest BCUT2D eigenvalue weighted by Crippen LogP contribution is -2.10. The molecule has 1 N–H and O–H groups in total. The van der Waals surface area contributed by atoms with Crippen LogP contribution < -0.4 is 5.32 Å². The molecule has 0 aliphatic carbocycles. The lowest BCUT2D eigenvalue weighted by atomic mass is 10.1. The van der Waals surface area contributed by atoms with Crippen molar-refractivity contribution in [1.29, 1.82) is 5.26 Å². The molecular weight excluding hydrogens is 204 g/mol. The number of carbonyl (C=O) groups excluding carboxylic acids is 1. The van der Waals surface area contributed by atoms with Crippen LogP contribution in [0.5, 0.6) is 0 Å². The van der Waals surface area contributed by atoms with Crippen molar-refractivity contribution in [2.45, 2.75) is 13.3 Å². The van der Waals surface area contributed by atoms with Gasteiger partial charge in [-0.05, 0) is 24.6 Å². The van der Waals surface area contributed by atoms with E-state index < -0.39 is 0 Å². The number of nitrogens with one attached hydrogen (secondary N) is 1. The predicted molar refractivity (Wildman–Crippen MR) is 61.0 cm³/mol. The zero-order chi connectivity index (χ0) is 12.0. The van der Waals surface area contributed by atoms with Gasteiger partial charge in [0, 0.05) is 6.54 Å². The van der Waals surface area contributed by atoms with Crippen LogP contribution in [0.15, 0.2) is 18.2 Å². The van der Waals surface area contributed by atoms with E-state index in [0.29, 0.717) is 12.1 Å². The molecule has 0 radical (unpaired) electrons. The highest BCUT2D eigenvalue weighted by Crippen LogP contribution is 2.16. The van der Waals surface area contributed by atoms with Gasteiger partial charge in [-0.1, -0.05) is 6.07 Å². The van der Waals surface area contributed by atoms with E-state index in [0.717, 1.165) is 11.3 Å². The van der Waals surface area contributed by atoms with Crippen molar-refractivity contribution in [3.8, 4) is 6.07 Å². The maximum atomic E-state index is 10.9. The van der Waals surface area contributed by atoms with Crippen LogP contribution in [0.4, 0.5) is 5.69 Å². The van der Waals surface area contributed by atoms with Gasteiger partial charge in [-0.2, -0.15) is 5.26 Å². The van der Waals surface area contributed by atoms with Crippen molar-refractivity contribution in [3.63, 3.8) is 0 Å². The summed E-state index contributed by atoms with van der Waals surface area (Å²) in [4.78, 5) is 10.9. The molecule has 0 aromatic heterocycles. The average molecular weight is 218 g/mol. The zero-order valence-electron chi connectivity index (χ0n) is 9.41. The summed E-state index contributed by atoms with van der Waals surface area (Å²) >= 11 is 0. The lowest BCUT2D eigenvalue weighted by molar-refractivity contribution is -0.140. The predicted octanol–water partition coefficient (Wildman–Crippen LogP) is 1.84. The van der Waals surface area contributed by atoms with E-state index in [-0.39, 0.29) is 12.4 Å². The molecular formula is C12H14N2O2. The number of esters is 1. The third kappa shape index (κ3) is 3.28. The Morgan fingerprint density at radius 3 is 2.94 bits per heavy atom. The van der Waals surface area contributed by atoms with Gasteiger partial charge in [-0.15, -0.1) is 0 Å². The number of nitrogens with zero attached hydrogens (tertiary/aromatic N) is 1. The molecule has 0 aliphatic rings. The van der Waals surface area contributed by atoms with Crippen LogP contribution in [0.1, 0.15) is 17.5 Å². The van der Waals surface area contributed by atoms with Gasteiger partial charge in [0.25, 0.3) is 0 Å². The first-order valence-corrected chi connectivity index (χ1v) is 4.99. The van der Waals surface area contributed by atoms with E-state index in [1.54, 1.807) is 6.07 Å². The van der Waals surface area contributed by atoms with Gasteiger partial charge in [0.15, 0.2) is 0 Å². The average Bonchev–Trinajstić information content (AvgIpc) is 2.30. The molecule has 0 fully saturated rings. The van der Waals surface area contributed by atoms with Crippen LogP contribution in [-0.4, -0.2) is 19.6 Å². The van der Waals surface area contributed by atoms with Gasteiger partial charge in [0.05, 0.1) is 24.8 Å². The number of methoxy groups -OCH3 is 1. The zero-order valence-corrected chi connectivity index (χ0v) is 9.41. The van der Waals surface area contributed by atoms with Gasteiger partial charge in [-0.3, -0.25) is 4.79 Å². The molecule has 1 aromatic carbocycles. The van der Waals surface area contributed by atoms with E-state index in [1.165, 1.54) is 7.11 Å². The minimum atomic E-state index is -0.266. The van der Waals surface area contributed by atoms with Crippen molar-refractivity contribution >= 4 is 11.7 Å². The summed E-state index contributed by atoms with van der Waals surface area (Å²) in [6.07, 6.45) is 0.287. The highest BCUT2D eigenvalue weighted by molar-refractivity contribution is 5.70. The first kappa shape index (κ1) is 12.1. The molecule has 4 heteroatoms. The van der Waals surface area contributed by atoms with E-state index in [2.05, 4.69) is 16.1 Å². The number of carbonyl (C=O) groups is 1. The molecule has 0 aliphatic heterocycles. The minimum Gasteiger partial charge on any atom is -0.469 e. The molecule has 0 saturated heterocycles. The quantitative estimate of drug-likeness (QED) is 0.783. The fourth-order valence-corrected chi connectivity index (χ4v) is 1.31. The molecule has 0 unspecified atom stereocenters. The number of aryl methyl sites for hydroxylation is 1. The number of hydrogen-bond donors (Lipinski definition) is 1. The Kier molecular flexibility index (Phi) is 4.34. The maximum Gasteiger partial charge on any atom is 0.307 e. The lowest BCUT2D eigenvalue weighted by Gasteiger charge is -2.07. The fourth-order valence-electron chi connectivity index (χ4n) is 1.31. The SMILES string of the molecule is COC(=O)CCNc1ccc(C)cc1C#N. The second kappa shape index (κ2) is 5.76. The van der Waals surface area contributed by atoms with Crippen LogP contribution >= 0.6 is 0 Å². The smallest absolute Gasteiger partial charge is 0.307 e. The Balaban J connectivity index is 2.61. The number of rotatable bonds is 4. The molecule has 0 bridgehead atoms. The second-order valence-corrected chi connectivity index (χ2v) is 3.41. The summed E-state index contributed by atoms with van der Waals surface area (Å²) < 4.78 is 4.52. The summed E-state index contributed by atoms with van der Waals surface area (Å²) in [5, 5.41) is 11.9. The fraction of sp³-hybridized carbons (Fsp3) is 0.333. The number of nitriles is 1. The summed E-state index contributed by atoms with van der Waals surface area (Å²) in [6, 6.07) is 7.67. The van der Waals surface area contributed by atoms with E-state index >= 15 is 0 Å². The van der Waals surface area contributed by atoms with Crippen LogP contribution in [-0.2, 0) is 9.53 Å². The first-order chi connectivity index (χ1) is 7.67. The Hall–Kier alpha value is -2.02. The van der Waals surface area contributed by atoms with Gasteiger partial charge in [-0.25, -0.2) is 0 Å². The topological polar surface area (TPSA) is 62.1 Å². The monoisotopic (exact) mass is 218 g/mol. The van der Waals surface area contributed by atoms with Gasteiger partial charge in [0.2, 0.25) is 0 Å². The molecule has 1 rings (SSSR count). The molecule has 0 heterocycles. The van der Waals surface area contributed by atoms with E-state index in [1.807, 2.05) is 19.1 Å². The van der Waals surface area contributed by atoms with Crippen LogP contribution in [0, 0.1) is 18.3 Å². The summed E-state index contributed by atoms with van der Waals surface area (Å²) in [5.41, 5.74) is 2.37. The van der Waals surface area contributed by atoms with Crippen molar-refractivity contribution in [3.05, 3.63) is 29.3 Å². The molecule has 4 nitrogen and oxygen atoms in total. The number of hydrogen-bond acceptors (Lipinski definition) is 4. The molecule has 1 aromatic rings. The highest BCUT2D eigenvalue weighted by atomic mass is 16.5. The number of anilines is 1. The van der Waals surface area contributed by atoms with Crippen LogP contribution in [0.3, 0.4) is 0 Å². The van der Waals surface area contributed by atoms with Crippen molar-refractivity contribution in [2.24, 2.45) is 0 Å². The minimum absolute atomic E-state index is 0.266. The van der Waals surface area contributed by atoms with Gasteiger partial charge in [0.1, 0.15) is 6.07 Å². The number of benzene rings is 1. The standard InChI is InChI=1S/C12H14N2O2/c1-9-3-4-11(10(7-9)8-13)14-6-5-12(15)16-2/h3-4,7,14H,5-6H2,1-2H3. The Bertz CT molecular complexity index is 422. The van der Waals surface area contributed by atoms with Crippen molar-refractivity contribution in [1.82, 2.24) is 0 Å². The second-order valence-electron chi connectivity index (χ2n) is 3.41. The van der Waals surface area contributed by atoms with Gasteiger partial charge < -0.3 is 10.1 Å². The van der Waals surface area contributed by atoms with Crippen LogP contribution in [0.2, 0.25) is 0 Å². The summed E-state index contributed by atoms with van der Waals surface area (Å²) in [5.74, 6) is -0.266. The summed E-state index contributed by atoms with van der Waals surface area (Å²) in [7, 11) is 1.36. The maximum absolute atomic E-state index is 10.9. The Morgan fingerprint density at radius 2 is 2.31 bits per heavy atom. The largest absolute Gasteiger partial charge is 0.469 e. The van der Waals surface area contributed by atoms with E-state index in [4.69, 9.17) is 5.26 Å². The molecule has 0 saturated carbocycles. The molecule has 84 valence electrons. The molecule has 16 heavy (non-hydrogen) atoms. The third-order valence-corrected chi connectivity index (χ3v) is 2.17. The highest BCUT2D eigenvalue weighted by Gasteiger charge is 2.03. The van der Waals surface area contributed by atoms with Gasteiger partial charge >= 0.3 is 5.97 Å². The summed E-state index contributed by atoms with van der Waals surface area (Å²) in [6.45, 7) is 2.39. The Morgan fingerprint density at radius 1 is 1.56 bits per heavy atom. The third-order valence-electron chi connectivity index (χ3n) is 2.17. The van der Waals surface area contributed by atoms with Crippen molar-refractivity contribution in [2.75, 3.05) is 19.0 Å². The molecule has 0 atom stereocenters. The molecule has 0 amide bonds. The first-order valence-electron chi connectivity index (χ1n) is 4.99.